The van der Waals surface area contributed by atoms with Crippen LogP contribution in [0.4, 0.5) is 5.69 Å². The average molecular weight is 657 g/mol. The van der Waals surface area contributed by atoms with Crippen molar-refractivity contribution in [1.82, 2.24) is 4.57 Å². The first-order valence-corrected chi connectivity index (χ1v) is 15.6. The Bertz CT molecular complexity index is 2110. The van der Waals surface area contributed by atoms with Gasteiger partial charge in [-0.05, 0) is 78.2 Å². The predicted molar refractivity (Wildman–Crippen MR) is 179 cm³/mol. The van der Waals surface area contributed by atoms with Crippen molar-refractivity contribution in [3.8, 4) is 11.5 Å². The van der Waals surface area contributed by atoms with Crippen molar-refractivity contribution in [2.24, 2.45) is 4.99 Å². The van der Waals surface area contributed by atoms with Crippen molar-refractivity contribution < 1.29 is 14.3 Å². The zero-order chi connectivity index (χ0) is 31.5. The van der Waals surface area contributed by atoms with Gasteiger partial charge in [-0.3, -0.25) is 14.2 Å². The molecule has 0 bridgehead atoms. The number of amides is 1. The summed E-state index contributed by atoms with van der Waals surface area (Å²) in [5, 5.41) is 3.93. The molecule has 0 saturated heterocycles. The van der Waals surface area contributed by atoms with E-state index < -0.39 is 6.04 Å². The molecule has 7 nitrogen and oxygen atoms in total. The average Bonchev–Trinajstić information content (AvgIpc) is 3.35. The van der Waals surface area contributed by atoms with Crippen LogP contribution in [0.3, 0.4) is 0 Å². The third kappa shape index (κ3) is 6.59. The minimum atomic E-state index is -0.709. The number of halogens is 2. The summed E-state index contributed by atoms with van der Waals surface area (Å²) in [5.41, 5.74) is 3.77. The van der Waals surface area contributed by atoms with Gasteiger partial charge in [-0.2, -0.15) is 0 Å². The number of hydrogen-bond acceptors (Lipinski definition) is 6. The summed E-state index contributed by atoms with van der Waals surface area (Å²) in [7, 11) is 1.58. The molecule has 10 heteroatoms. The lowest BCUT2D eigenvalue weighted by Crippen LogP contribution is -2.40. The molecule has 0 aliphatic carbocycles. The van der Waals surface area contributed by atoms with Gasteiger partial charge in [0.1, 0.15) is 18.1 Å². The summed E-state index contributed by atoms with van der Waals surface area (Å²) in [6, 6.07) is 28.7. The van der Waals surface area contributed by atoms with Crippen LogP contribution in [0.5, 0.6) is 11.5 Å². The Labute approximate surface area is 273 Å². The molecule has 0 saturated carbocycles. The van der Waals surface area contributed by atoms with Gasteiger partial charge in [0.2, 0.25) is 0 Å². The number of carbonyl (C=O) groups excluding carboxylic acids is 1. The minimum Gasteiger partial charge on any atom is -0.497 e. The highest BCUT2D eigenvalue weighted by Gasteiger charge is 2.32. The number of rotatable bonds is 8. The van der Waals surface area contributed by atoms with E-state index in [-0.39, 0.29) is 11.5 Å². The molecule has 1 N–H and O–H groups in total. The van der Waals surface area contributed by atoms with E-state index in [1.165, 1.54) is 11.3 Å². The fraction of sp³-hybridized carbons (Fsp3) is 0.114. The SMILES string of the molecule is COc1cccc([C@@H]2C(C(=O)Nc3ccccc3)=C(C)N=c3s/c(=C/c4ccc(OCc5ccc(Cl)c(Cl)c5)cc4)c(=O)n32)c1. The molecule has 4 aromatic carbocycles. The third-order valence-electron chi connectivity index (χ3n) is 7.27. The molecule has 1 amide bonds. The van der Waals surface area contributed by atoms with Crippen molar-refractivity contribution in [2.75, 3.05) is 12.4 Å². The Kier molecular flexibility index (Phi) is 8.89. The number of hydrogen-bond donors (Lipinski definition) is 1. The Hall–Kier alpha value is -4.63. The third-order valence-corrected chi connectivity index (χ3v) is 9.00. The number of ether oxygens (including phenoxy) is 2. The number of nitrogens with one attached hydrogen (secondary N) is 1. The Balaban J connectivity index is 1.34. The lowest BCUT2D eigenvalue weighted by molar-refractivity contribution is -0.113. The van der Waals surface area contributed by atoms with Crippen molar-refractivity contribution in [2.45, 2.75) is 19.6 Å². The number of allylic oxidation sites excluding steroid dienone is 1. The second-order valence-corrected chi connectivity index (χ2v) is 12.1. The van der Waals surface area contributed by atoms with Crippen LogP contribution in [-0.2, 0) is 11.4 Å². The van der Waals surface area contributed by atoms with Crippen molar-refractivity contribution in [1.29, 1.82) is 0 Å². The van der Waals surface area contributed by atoms with Crippen molar-refractivity contribution in [3.05, 3.63) is 155 Å². The first-order valence-electron chi connectivity index (χ1n) is 14.0. The van der Waals surface area contributed by atoms with Crippen LogP contribution in [-0.4, -0.2) is 17.6 Å². The molecule has 0 fully saturated rings. The van der Waals surface area contributed by atoms with Gasteiger partial charge in [-0.15, -0.1) is 0 Å². The molecule has 2 heterocycles. The summed E-state index contributed by atoms with van der Waals surface area (Å²) >= 11 is 13.4. The summed E-state index contributed by atoms with van der Waals surface area (Å²) in [6.07, 6.45) is 1.82. The van der Waals surface area contributed by atoms with Crippen LogP contribution >= 0.6 is 34.5 Å². The van der Waals surface area contributed by atoms with Gasteiger partial charge in [0.25, 0.3) is 11.5 Å². The molecule has 1 aliphatic rings. The van der Waals surface area contributed by atoms with E-state index in [1.54, 1.807) is 30.7 Å². The van der Waals surface area contributed by atoms with Gasteiger partial charge in [0.05, 0.1) is 39.0 Å². The number of nitrogens with zero attached hydrogens (tertiary/aromatic N) is 2. The van der Waals surface area contributed by atoms with Crippen LogP contribution in [0.15, 0.2) is 118 Å². The van der Waals surface area contributed by atoms with E-state index in [9.17, 15) is 9.59 Å². The van der Waals surface area contributed by atoms with Crippen LogP contribution in [0.1, 0.15) is 29.7 Å². The zero-order valence-corrected chi connectivity index (χ0v) is 26.6. The number of methoxy groups -OCH3 is 1. The maximum absolute atomic E-state index is 14.0. The predicted octanol–water partition coefficient (Wildman–Crippen LogP) is 6.77. The molecule has 45 heavy (non-hydrogen) atoms. The van der Waals surface area contributed by atoms with E-state index in [0.717, 1.165) is 16.7 Å². The zero-order valence-electron chi connectivity index (χ0n) is 24.3. The Morgan fingerprint density at radius 3 is 2.47 bits per heavy atom. The molecule has 0 spiro atoms. The van der Waals surface area contributed by atoms with Gasteiger partial charge in [-0.25, -0.2) is 4.99 Å². The number of benzene rings is 4. The number of thiazole rings is 1. The molecular formula is C35H27Cl2N3O4S. The number of carbonyl (C=O) groups is 1. The Morgan fingerprint density at radius 2 is 1.73 bits per heavy atom. The van der Waals surface area contributed by atoms with Crippen LogP contribution < -0.4 is 29.7 Å². The van der Waals surface area contributed by atoms with Crippen LogP contribution in [0.2, 0.25) is 10.0 Å². The van der Waals surface area contributed by atoms with E-state index >= 15 is 0 Å². The van der Waals surface area contributed by atoms with E-state index in [4.69, 9.17) is 37.7 Å². The minimum absolute atomic E-state index is 0.246. The lowest BCUT2D eigenvalue weighted by atomic mass is 9.95. The number of fused-ring (bicyclic) bond motifs is 1. The summed E-state index contributed by atoms with van der Waals surface area (Å²) in [4.78, 5) is 33.0. The lowest BCUT2D eigenvalue weighted by Gasteiger charge is -2.25. The van der Waals surface area contributed by atoms with Crippen LogP contribution in [0.25, 0.3) is 6.08 Å². The molecule has 1 aliphatic heterocycles. The first kappa shape index (κ1) is 30.4. The van der Waals surface area contributed by atoms with Gasteiger partial charge in [-0.1, -0.05) is 83.1 Å². The summed E-state index contributed by atoms with van der Waals surface area (Å²) in [6.45, 7) is 2.12. The summed E-state index contributed by atoms with van der Waals surface area (Å²) in [5.74, 6) is 0.956. The monoisotopic (exact) mass is 655 g/mol. The fourth-order valence-corrected chi connectivity index (χ4v) is 6.43. The van der Waals surface area contributed by atoms with E-state index in [2.05, 4.69) is 5.32 Å². The second-order valence-electron chi connectivity index (χ2n) is 10.3. The first-order chi connectivity index (χ1) is 21.8. The maximum atomic E-state index is 14.0. The quantitative estimate of drug-likeness (QED) is 0.200. The van der Waals surface area contributed by atoms with Crippen molar-refractivity contribution >= 4 is 52.2 Å². The van der Waals surface area contributed by atoms with E-state index in [0.29, 0.717) is 54.4 Å². The molecule has 0 unspecified atom stereocenters. The molecule has 0 radical (unpaired) electrons. The van der Waals surface area contributed by atoms with Crippen LogP contribution in [0, 0.1) is 0 Å². The van der Waals surface area contributed by atoms with Gasteiger partial charge in [0.15, 0.2) is 4.80 Å². The molecule has 1 atom stereocenters. The number of para-hydroxylation sites is 1. The Morgan fingerprint density at radius 1 is 0.956 bits per heavy atom. The highest BCUT2D eigenvalue weighted by molar-refractivity contribution is 7.07. The maximum Gasteiger partial charge on any atom is 0.271 e. The van der Waals surface area contributed by atoms with Gasteiger partial charge in [0, 0.05) is 5.69 Å². The highest BCUT2D eigenvalue weighted by atomic mass is 35.5. The standard InChI is InChI=1S/C35H27Cl2N3O4S/c1-21-31(33(41)39-25-8-4-3-5-9-25)32(24-7-6-10-27(19-24)43-2)40-34(42)30(45-35(40)38-21)18-22-11-14-26(15-12-22)44-20-23-13-16-28(36)29(37)17-23/h3-19,32H,20H2,1-2H3,(H,39,41)/b30-18+/t32-/m1/s1. The molecule has 226 valence electrons. The highest BCUT2D eigenvalue weighted by Crippen LogP contribution is 2.32. The van der Waals surface area contributed by atoms with Gasteiger partial charge >= 0.3 is 0 Å². The number of anilines is 1. The molecular weight excluding hydrogens is 629 g/mol. The summed E-state index contributed by atoms with van der Waals surface area (Å²) < 4.78 is 13.5. The normalized spacial score (nSPS) is 14.5. The fourth-order valence-electron chi connectivity index (χ4n) is 5.07. The molecule has 5 aromatic rings. The smallest absolute Gasteiger partial charge is 0.271 e. The van der Waals surface area contributed by atoms with Crippen molar-refractivity contribution in [3.63, 3.8) is 0 Å². The molecule has 6 rings (SSSR count). The van der Waals surface area contributed by atoms with E-state index in [1.807, 2.05) is 91.0 Å². The largest absolute Gasteiger partial charge is 0.497 e. The molecule has 1 aromatic heterocycles. The van der Waals surface area contributed by atoms with Gasteiger partial charge < -0.3 is 14.8 Å². The number of aromatic nitrogens is 1. The second kappa shape index (κ2) is 13.2. The topological polar surface area (TPSA) is 81.9 Å².